The maximum Gasteiger partial charge on any atom is 0.221 e. The lowest BCUT2D eigenvalue weighted by Gasteiger charge is -2.38. The summed E-state index contributed by atoms with van der Waals surface area (Å²) in [5.41, 5.74) is 5.27. The predicted molar refractivity (Wildman–Crippen MR) is 51.6 cm³/mol. The standard InChI is InChI=1S/C10H21NO/c1-9(2,3)7(8(11)12)10(4,5)6/h7H,1-6H3,(H2,11,12). The minimum Gasteiger partial charge on any atom is -0.369 e. The van der Waals surface area contributed by atoms with Crippen molar-refractivity contribution in [1.29, 1.82) is 0 Å². The first-order valence-electron chi connectivity index (χ1n) is 4.36. The molecule has 0 heterocycles. The molecule has 0 spiro atoms. The lowest BCUT2D eigenvalue weighted by molar-refractivity contribution is -0.129. The molecule has 2 heteroatoms. The molecule has 0 saturated heterocycles. The number of rotatable bonds is 1. The Morgan fingerprint density at radius 1 is 1.00 bits per heavy atom. The van der Waals surface area contributed by atoms with Gasteiger partial charge in [0.25, 0.3) is 0 Å². The fourth-order valence-corrected chi connectivity index (χ4v) is 2.15. The van der Waals surface area contributed by atoms with Gasteiger partial charge >= 0.3 is 0 Å². The van der Waals surface area contributed by atoms with E-state index in [1.54, 1.807) is 0 Å². The fraction of sp³-hybridized carbons (Fsp3) is 0.900. The molecule has 0 saturated carbocycles. The minimum absolute atomic E-state index is 0.0515. The summed E-state index contributed by atoms with van der Waals surface area (Å²) in [6.07, 6.45) is 0. The number of primary amides is 1. The first-order chi connectivity index (χ1) is 5.07. The number of nitrogens with two attached hydrogens (primary N) is 1. The zero-order chi connectivity index (χ0) is 10.2. The molecule has 0 aliphatic carbocycles. The van der Waals surface area contributed by atoms with Crippen molar-refractivity contribution in [1.82, 2.24) is 0 Å². The Bertz CT molecular complexity index is 157. The molecule has 0 rings (SSSR count). The van der Waals surface area contributed by atoms with Crippen LogP contribution >= 0.6 is 0 Å². The van der Waals surface area contributed by atoms with Crippen molar-refractivity contribution in [2.75, 3.05) is 0 Å². The lowest BCUT2D eigenvalue weighted by atomic mass is 9.66. The second kappa shape index (κ2) is 3.08. The zero-order valence-electron chi connectivity index (χ0n) is 9.06. The highest BCUT2D eigenvalue weighted by atomic mass is 16.1. The first-order valence-corrected chi connectivity index (χ1v) is 4.36. The maximum atomic E-state index is 11.2. The van der Waals surface area contributed by atoms with Crippen molar-refractivity contribution in [3.8, 4) is 0 Å². The molecule has 0 aromatic carbocycles. The molecule has 0 bridgehead atoms. The molecule has 2 N–H and O–H groups in total. The van der Waals surface area contributed by atoms with Crippen LogP contribution in [0.5, 0.6) is 0 Å². The van der Waals surface area contributed by atoms with E-state index in [1.807, 2.05) is 41.5 Å². The van der Waals surface area contributed by atoms with Gasteiger partial charge in [-0.3, -0.25) is 4.79 Å². The van der Waals surface area contributed by atoms with E-state index in [4.69, 9.17) is 5.73 Å². The van der Waals surface area contributed by atoms with Gasteiger partial charge in [0.15, 0.2) is 0 Å². The van der Waals surface area contributed by atoms with Crippen molar-refractivity contribution in [3.63, 3.8) is 0 Å². The van der Waals surface area contributed by atoms with Gasteiger partial charge in [-0.15, -0.1) is 0 Å². The van der Waals surface area contributed by atoms with Crippen LogP contribution in [0.4, 0.5) is 0 Å². The second-order valence-corrected chi connectivity index (χ2v) is 5.57. The highest BCUT2D eigenvalue weighted by Crippen LogP contribution is 2.39. The molecule has 0 aliphatic rings. The maximum absolute atomic E-state index is 11.2. The molecule has 1 amide bonds. The average Bonchev–Trinajstić information content (AvgIpc) is 1.49. The van der Waals surface area contributed by atoms with E-state index in [9.17, 15) is 4.79 Å². The highest BCUT2D eigenvalue weighted by Gasteiger charge is 2.38. The van der Waals surface area contributed by atoms with Crippen LogP contribution in [0.3, 0.4) is 0 Å². The molecular formula is C10H21NO. The van der Waals surface area contributed by atoms with Crippen LogP contribution in [0, 0.1) is 16.7 Å². The quantitative estimate of drug-likeness (QED) is 0.645. The largest absolute Gasteiger partial charge is 0.369 e. The smallest absolute Gasteiger partial charge is 0.221 e. The summed E-state index contributed by atoms with van der Waals surface area (Å²) in [5.74, 6) is -0.278. The Morgan fingerprint density at radius 3 is 1.25 bits per heavy atom. The van der Waals surface area contributed by atoms with Crippen molar-refractivity contribution >= 4 is 5.91 Å². The second-order valence-electron chi connectivity index (χ2n) is 5.57. The monoisotopic (exact) mass is 171 g/mol. The molecule has 0 atom stereocenters. The average molecular weight is 171 g/mol. The summed E-state index contributed by atoms with van der Waals surface area (Å²) in [7, 11) is 0. The Kier molecular flexibility index (Phi) is 2.94. The molecular weight excluding hydrogens is 150 g/mol. The van der Waals surface area contributed by atoms with Gasteiger partial charge in [-0.2, -0.15) is 0 Å². The van der Waals surface area contributed by atoms with Crippen LogP contribution in [-0.4, -0.2) is 5.91 Å². The van der Waals surface area contributed by atoms with E-state index < -0.39 is 0 Å². The number of carbonyl (C=O) groups excluding carboxylic acids is 1. The first kappa shape index (κ1) is 11.5. The molecule has 0 aliphatic heterocycles. The van der Waals surface area contributed by atoms with Gasteiger partial charge in [-0.05, 0) is 10.8 Å². The van der Waals surface area contributed by atoms with E-state index >= 15 is 0 Å². The number of hydrogen-bond acceptors (Lipinski definition) is 1. The van der Waals surface area contributed by atoms with Gasteiger partial charge in [0.2, 0.25) is 5.91 Å². The summed E-state index contributed by atoms with van der Waals surface area (Å²) in [6, 6.07) is 0. The third-order valence-electron chi connectivity index (χ3n) is 2.02. The van der Waals surface area contributed by atoms with E-state index in [0.717, 1.165) is 0 Å². The van der Waals surface area contributed by atoms with Gasteiger partial charge in [0.1, 0.15) is 0 Å². The predicted octanol–water partition coefficient (Wildman–Crippen LogP) is 2.18. The lowest BCUT2D eigenvalue weighted by Crippen LogP contribution is -2.42. The summed E-state index contributed by atoms with van der Waals surface area (Å²) in [4.78, 5) is 11.2. The minimum atomic E-state index is -0.199. The van der Waals surface area contributed by atoms with Gasteiger partial charge in [0, 0.05) is 5.92 Å². The van der Waals surface area contributed by atoms with Crippen LogP contribution < -0.4 is 5.73 Å². The Labute approximate surface area is 75.5 Å². The van der Waals surface area contributed by atoms with E-state index in [1.165, 1.54) is 0 Å². The summed E-state index contributed by atoms with van der Waals surface area (Å²) < 4.78 is 0. The van der Waals surface area contributed by atoms with Crippen molar-refractivity contribution < 1.29 is 4.79 Å². The molecule has 0 radical (unpaired) electrons. The van der Waals surface area contributed by atoms with Crippen LogP contribution in [-0.2, 0) is 4.79 Å². The molecule has 2 nitrogen and oxygen atoms in total. The molecule has 0 aromatic rings. The van der Waals surface area contributed by atoms with Crippen LogP contribution in [0.1, 0.15) is 41.5 Å². The zero-order valence-corrected chi connectivity index (χ0v) is 9.06. The Hall–Kier alpha value is -0.530. The van der Waals surface area contributed by atoms with Crippen LogP contribution in [0.2, 0.25) is 0 Å². The third kappa shape index (κ3) is 2.84. The van der Waals surface area contributed by atoms with E-state index in [2.05, 4.69) is 0 Å². The number of hydrogen-bond donors (Lipinski definition) is 1. The van der Waals surface area contributed by atoms with Crippen molar-refractivity contribution in [2.24, 2.45) is 22.5 Å². The van der Waals surface area contributed by atoms with E-state index in [0.29, 0.717) is 0 Å². The topological polar surface area (TPSA) is 43.1 Å². The summed E-state index contributed by atoms with van der Waals surface area (Å²) in [5, 5.41) is 0. The fourth-order valence-electron chi connectivity index (χ4n) is 2.15. The molecule has 72 valence electrons. The summed E-state index contributed by atoms with van der Waals surface area (Å²) >= 11 is 0. The van der Waals surface area contributed by atoms with E-state index in [-0.39, 0.29) is 22.7 Å². The highest BCUT2D eigenvalue weighted by molar-refractivity contribution is 5.78. The number of carbonyl (C=O) groups is 1. The van der Waals surface area contributed by atoms with Crippen molar-refractivity contribution in [3.05, 3.63) is 0 Å². The Morgan fingerprint density at radius 2 is 1.25 bits per heavy atom. The number of amides is 1. The summed E-state index contributed by atoms with van der Waals surface area (Å²) in [6.45, 7) is 12.3. The molecule has 0 fully saturated rings. The van der Waals surface area contributed by atoms with Gasteiger partial charge in [-0.25, -0.2) is 0 Å². The molecule has 0 unspecified atom stereocenters. The SMILES string of the molecule is CC(C)(C)C(C(N)=O)C(C)(C)C. The molecule has 0 aromatic heterocycles. The molecule has 12 heavy (non-hydrogen) atoms. The van der Waals surface area contributed by atoms with Gasteiger partial charge in [0.05, 0.1) is 0 Å². The Balaban J connectivity index is 4.82. The normalized spacial score (nSPS) is 13.6. The van der Waals surface area contributed by atoms with Gasteiger partial charge < -0.3 is 5.73 Å². The van der Waals surface area contributed by atoms with Gasteiger partial charge in [-0.1, -0.05) is 41.5 Å². The third-order valence-corrected chi connectivity index (χ3v) is 2.02. The van der Waals surface area contributed by atoms with Crippen molar-refractivity contribution in [2.45, 2.75) is 41.5 Å². The van der Waals surface area contributed by atoms with Crippen LogP contribution in [0.15, 0.2) is 0 Å². The van der Waals surface area contributed by atoms with Crippen LogP contribution in [0.25, 0.3) is 0 Å².